The first-order valence-electron chi connectivity index (χ1n) is 5.87. The SMILES string of the molecule is CCC(C)c1csc(Cc2cccc(Cl)c2)n1. The average molecular weight is 266 g/mol. The summed E-state index contributed by atoms with van der Waals surface area (Å²) >= 11 is 7.71. The molecule has 2 aromatic rings. The van der Waals surface area contributed by atoms with Crippen molar-refractivity contribution in [2.24, 2.45) is 0 Å². The van der Waals surface area contributed by atoms with Crippen molar-refractivity contribution in [1.29, 1.82) is 0 Å². The number of benzene rings is 1. The Bertz CT molecular complexity index is 492. The van der Waals surface area contributed by atoms with Crippen LogP contribution >= 0.6 is 22.9 Å². The summed E-state index contributed by atoms with van der Waals surface area (Å²) in [6, 6.07) is 7.99. The largest absolute Gasteiger partial charge is 0.246 e. The van der Waals surface area contributed by atoms with Crippen LogP contribution in [-0.4, -0.2) is 4.98 Å². The number of halogens is 1. The van der Waals surface area contributed by atoms with Crippen LogP contribution in [0.15, 0.2) is 29.6 Å². The number of rotatable bonds is 4. The molecule has 0 spiro atoms. The molecule has 17 heavy (non-hydrogen) atoms. The van der Waals surface area contributed by atoms with E-state index in [0.29, 0.717) is 5.92 Å². The Morgan fingerprint density at radius 1 is 1.41 bits per heavy atom. The number of thiazole rings is 1. The number of aromatic nitrogens is 1. The van der Waals surface area contributed by atoms with Crippen LogP contribution in [0, 0.1) is 0 Å². The van der Waals surface area contributed by atoms with Gasteiger partial charge in [-0.2, -0.15) is 0 Å². The lowest BCUT2D eigenvalue weighted by Gasteiger charge is -2.02. The number of hydrogen-bond acceptors (Lipinski definition) is 2. The third kappa shape index (κ3) is 3.30. The molecule has 0 saturated heterocycles. The van der Waals surface area contributed by atoms with E-state index in [4.69, 9.17) is 11.6 Å². The van der Waals surface area contributed by atoms with E-state index in [2.05, 4.69) is 30.3 Å². The molecule has 2 rings (SSSR count). The van der Waals surface area contributed by atoms with Gasteiger partial charge in [-0.3, -0.25) is 0 Å². The number of nitrogens with zero attached hydrogens (tertiary/aromatic N) is 1. The van der Waals surface area contributed by atoms with Crippen LogP contribution in [0.1, 0.15) is 42.5 Å². The number of hydrogen-bond donors (Lipinski definition) is 0. The summed E-state index contributed by atoms with van der Waals surface area (Å²) in [6.45, 7) is 4.42. The zero-order valence-electron chi connectivity index (χ0n) is 10.1. The van der Waals surface area contributed by atoms with Gasteiger partial charge in [0.05, 0.1) is 10.7 Å². The zero-order chi connectivity index (χ0) is 12.3. The molecule has 0 aliphatic rings. The maximum atomic E-state index is 5.97. The summed E-state index contributed by atoms with van der Waals surface area (Å²) in [6.07, 6.45) is 2.02. The molecule has 0 amide bonds. The highest BCUT2D eigenvalue weighted by atomic mass is 35.5. The predicted octanol–water partition coefficient (Wildman–Crippen LogP) is 4.90. The highest BCUT2D eigenvalue weighted by molar-refractivity contribution is 7.09. The van der Waals surface area contributed by atoms with Gasteiger partial charge < -0.3 is 0 Å². The Kier molecular flexibility index (Phi) is 4.19. The molecule has 1 nitrogen and oxygen atoms in total. The second-order valence-corrected chi connectivity index (χ2v) is 5.66. The molecule has 1 unspecified atom stereocenters. The molecule has 0 N–H and O–H groups in total. The van der Waals surface area contributed by atoms with Crippen LogP contribution < -0.4 is 0 Å². The molecule has 1 aromatic carbocycles. The van der Waals surface area contributed by atoms with Crippen molar-refractivity contribution >= 4 is 22.9 Å². The van der Waals surface area contributed by atoms with Crippen molar-refractivity contribution in [1.82, 2.24) is 4.98 Å². The minimum atomic E-state index is 0.555. The fraction of sp³-hybridized carbons (Fsp3) is 0.357. The summed E-state index contributed by atoms with van der Waals surface area (Å²) in [5.41, 5.74) is 2.44. The van der Waals surface area contributed by atoms with Gasteiger partial charge >= 0.3 is 0 Å². The Labute approximate surface area is 111 Å². The second kappa shape index (κ2) is 5.65. The lowest BCUT2D eigenvalue weighted by atomic mass is 10.1. The third-order valence-corrected chi connectivity index (χ3v) is 4.03. The summed E-state index contributed by atoms with van der Waals surface area (Å²) in [7, 11) is 0. The van der Waals surface area contributed by atoms with Gasteiger partial charge in [-0.1, -0.05) is 37.6 Å². The summed E-state index contributed by atoms with van der Waals surface area (Å²) in [5, 5.41) is 4.14. The minimum absolute atomic E-state index is 0.555. The van der Waals surface area contributed by atoms with Crippen molar-refractivity contribution in [3.05, 3.63) is 50.9 Å². The van der Waals surface area contributed by atoms with Crippen molar-refractivity contribution in [3.63, 3.8) is 0 Å². The standard InChI is InChI=1S/C14H16ClNS/c1-3-10(2)13-9-17-14(16-13)8-11-5-4-6-12(15)7-11/h4-7,9-10H,3,8H2,1-2H3. The summed E-state index contributed by atoms with van der Waals surface area (Å²) in [4.78, 5) is 4.68. The topological polar surface area (TPSA) is 12.9 Å². The molecule has 1 aromatic heterocycles. The summed E-state index contributed by atoms with van der Waals surface area (Å²) < 4.78 is 0. The van der Waals surface area contributed by atoms with Crippen molar-refractivity contribution in [2.45, 2.75) is 32.6 Å². The smallest absolute Gasteiger partial charge is 0.0972 e. The monoisotopic (exact) mass is 265 g/mol. The third-order valence-electron chi connectivity index (χ3n) is 2.93. The maximum Gasteiger partial charge on any atom is 0.0972 e. The molecule has 1 atom stereocenters. The Morgan fingerprint density at radius 2 is 2.24 bits per heavy atom. The van der Waals surface area contributed by atoms with Gasteiger partial charge in [-0.05, 0) is 30.0 Å². The van der Waals surface area contributed by atoms with Crippen LogP contribution in [0.4, 0.5) is 0 Å². The lowest BCUT2D eigenvalue weighted by Crippen LogP contribution is -1.93. The molecule has 0 aliphatic carbocycles. The van der Waals surface area contributed by atoms with Gasteiger partial charge in [-0.15, -0.1) is 11.3 Å². The normalized spacial score (nSPS) is 12.6. The van der Waals surface area contributed by atoms with E-state index in [0.717, 1.165) is 17.9 Å². The molecule has 3 heteroatoms. The van der Waals surface area contributed by atoms with Gasteiger partial charge in [0.2, 0.25) is 0 Å². The maximum absolute atomic E-state index is 5.97. The van der Waals surface area contributed by atoms with E-state index in [1.54, 1.807) is 11.3 Å². The van der Waals surface area contributed by atoms with Crippen LogP contribution in [0.5, 0.6) is 0 Å². The second-order valence-electron chi connectivity index (χ2n) is 4.28. The van der Waals surface area contributed by atoms with E-state index in [1.165, 1.54) is 16.3 Å². The van der Waals surface area contributed by atoms with Crippen molar-refractivity contribution in [3.8, 4) is 0 Å². The Hall–Kier alpha value is -0.860. The fourth-order valence-electron chi connectivity index (χ4n) is 1.66. The van der Waals surface area contributed by atoms with Crippen molar-refractivity contribution in [2.75, 3.05) is 0 Å². The quantitative estimate of drug-likeness (QED) is 0.766. The first kappa shape index (κ1) is 12.6. The highest BCUT2D eigenvalue weighted by Crippen LogP contribution is 2.23. The van der Waals surface area contributed by atoms with Crippen LogP contribution in [0.3, 0.4) is 0 Å². The van der Waals surface area contributed by atoms with E-state index in [-0.39, 0.29) is 0 Å². The summed E-state index contributed by atoms with van der Waals surface area (Å²) in [5.74, 6) is 0.555. The van der Waals surface area contributed by atoms with Gasteiger partial charge in [0.15, 0.2) is 0 Å². The molecular weight excluding hydrogens is 250 g/mol. The fourth-order valence-corrected chi connectivity index (χ4v) is 2.83. The molecule has 0 fully saturated rings. The van der Waals surface area contributed by atoms with Crippen LogP contribution in [0.25, 0.3) is 0 Å². The van der Waals surface area contributed by atoms with E-state index in [1.807, 2.05) is 18.2 Å². The molecular formula is C14H16ClNS. The molecule has 0 bridgehead atoms. The molecule has 0 radical (unpaired) electrons. The molecule has 0 aliphatic heterocycles. The van der Waals surface area contributed by atoms with Crippen LogP contribution in [-0.2, 0) is 6.42 Å². The Morgan fingerprint density at radius 3 is 2.94 bits per heavy atom. The first-order chi connectivity index (χ1) is 8.19. The molecule has 1 heterocycles. The molecule has 90 valence electrons. The van der Waals surface area contributed by atoms with Gasteiger partial charge in [0, 0.05) is 16.8 Å². The average Bonchev–Trinajstić information content (AvgIpc) is 2.76. The molecule has 0 saturated carbocycles. The van der Waals surface area contributed by atoms with Gasteiger partial charge in [-0.25, -0.2) is 4.98 Å². The van der Waals surface area contributed by atoms with Gasteiger partial charge in [0.1, 0.15) is 0 Å². The van der Waals surface area contributed by atoms with E-state index in [9.17, 15) is 0 Å². The lowest BCUT2D eigenvalue weighted by molar-refractivity contribution is 0.710. The minimum Gasteiger partial charge on any atom is -0.246 e. The van der Waals surface area contributed by atoms with E-state index < -0.39 is 0 Å². The van der Waals surface area contributed by atoms with E-state index >= 15 is 0 Å². The van der Waals surface area contributed by atoms with Crippen molar-refractivity contribution < 1.29 is 0 Å². The van der Waals surface area contributed by atoms with Gasteiger partial charge in [0.25, 0.3) is 0 Å². The highest BCUT2D eigenvalue weighted by Gasteiger charge is 2.08. The zero-order valence-corrected chi connectivity index (χ0v) is 11.7. The first-order valence-corrected chi connectivity index (χ1v) is 7.13. The Balaban J connectivity index is 2.11. The van der Waals surface area contributed by atoms with Crippen LogP contribution in [0.2, 0.25) is 5.02 Å². The predicted molar refractivity (Wildman–Crippen MR) is 75.1 cm³/mol.